The number of benzene rings is 10. The number of nitrogens with zero attached hydrogens (tertiary/aromatic N) is 1. The molecule has 0 N–H and O–H groups in total. The van der Waals surface area contributed by atoms with Crippen LogP contribution in [0.4, 0.5) is 17.1 Å². The Balaban J connectivity index is 1.33. The molecule has 0 amide bonds. The van der Waals surface area contributed by atoms with E-state index >= 15 is 0 Å². The molecule has 0 aliphatic heterocycles. The number of para-hydroxylation sites is 2. The van der Waals surface area contributed by atoms with Gasteiger partial charge in [-0.1, -0.05) is 182 Å². The first kappa shape index (κ1) is 32.4. The van der Waals surface area contributed by atoms with E-state index in [4.69, 9.17) is 0 Å². The lowest BCUT2D eigenvalue weighted by Gasteiger charge is -2.27. The zero-order chi connectivity index (χ0) is 36.6. The minimum absolute atomic E-state index is 1.12. The van der Waals surface area contributed by atoms with Gasteiger partial charge in [-0.05, 0) is 119 Å². The lowest BCUT2D eigenvalue weighted by atomic mass is 9.81. The van der Waals surface area contributed by atoms with Crippen LogP contribution in [0.25, 0.3) is 76.8 Å². The van der Waals surface area contributed by atoms with Gasteiger partial charge in [-0.25, -0.2) is 0 Å². The molecule has 0 aromatic heterocycles. The van der Waals surface area contributed by atoms with Gasteiger partial charge in [0.05, 0.1) is 0 Å². The first-order chi connectivity index (χ1) is 27.3. The van der Waals surface area contributed by atoms with Crippen molar-refractivity contribution in [3.05, 3.63) is 224 Å². The molecule has 0 saturated heterocycles. The summed E-state index contributed by atoms with van der Waals surface area (Å²) in [5.41, 5.74) is 13.1. The van der Waals surface area contributed by atoms with Gasteiger partial charge < -0.3 is 4.90 Å². The average molecular weight is 700 g/mol. The molecule has 258 valence electrons. The van der Waals surface area contributed by atoms with Gasteiger partial charge in [0.2, 0.25) is 0 Å². The maximum atomic E-state index is 2.44. The topological polar surface area (TPSA) is 3.24 Å². The average Bonchev–Trinajstić information content (AvgIpc) is 3.27. The molecule has 0 spiro atoms. The monoisotopic (exact) mass is 699 g/mol. The lowest BCUT2D eigenvalue weighted by molar-refractivity contribution is 1.29. The van der Waals surface area contributed by atoms with E-state index in [1.54, 1.807) is 0 Å². The van der Waals surface area contributed by atoms with Crippen LogP contribution >= 0.6 is 0 Å². The SMILES string of the molecule is c1ccc(-c2ccc(-c3c(-c4ccccc4)cc(-c4ccccc4)c4c5ccc(N(c6ccccc6)c6ccccc6)cc5c5ccccc5c34)cc2)cc1. The summed E-state index contributed by atoms with van der Waals surface area (Å²) in [4.78, 5) is 2.36. The van der Waals surface area contributed by atoms with Crippen LogP contribution in [0.3, 0.4) is 0 Å². The molecule has 10 aromatic rings. The predicted octanol–water partition coefficient (Wildman–Crippen LogP) is 15.3. The molecular weight excluding hydrogens is 663 g/mol. The number of anilines is 3. The Labute approximate surface area is 322 Å². The third kappa shape index (κ3) is 5.84. The predicted molar refractivity (Wildman–Crippen MR) is 235 cm³/mol. The fourth-order valence-corrected chi connectivity index (χ4v) is 8.33. The van der Waals surface area contributed by atoms with Crippen molar-refractivity contribution in [2.45, 2.75) is 0 Å². The molecule has 1 heteroatoms. The Kier molecular flexibility index (Phi) is 8.24. The summed E-state index contributed by atoms with van der Waals surface area (Å²) >= 11 is 0. The fourth-order valence-electron chi connectivity index (χ4n) is 8.33. The normalized spacial score (nSPS) is 11.3. The summed E-state index contributed by atoms with van der Waals surface area (Å²) in [6.45, 7) is 0. The summed E-state index contributed by atoms with van der Waals surface area (Å²) in [6, 6.07) is 81.4. The van der Waals surface area contributed by atoms with Crippen molar-refractivity contribution < 1.29 is 0 Å². The van der Waals surface area contributed by atoms with Crippen molar-refractivity contribution >= 4 is 49.4 Å². The largest absolute Gasteiger partial charge is 0.310 e. The molecule has 0 heterocycles. The third-order valence-electron chi connectivity index (χ3n) is 10.8. The van der Waals surface area contributed by atoms with E-state index in [0.29, 0.717) is 0 Å². The van der Waals surface area contributed by atoms with Crippen LogP contribution in [0, 0.1) is 0 Å². The summed E-state index contributed by atoms with van der Waals surface area (Å²) in [5, 5.41) is 7.47. The van der Waals surface area contributed by atoms with Gasteiger partial charge >= 0.3 is 0 Å². The standard InChI is InChI=1S/C54H37N/c1-6-18-38(19-7-1)39-30-32-42(33-31-39)52-49(40-20-8-2-9-21-40)37-50(41-22-10-3-11-23-41)53-48-35-34-45(36-51(48)46-28-16-17-29-47(46)54(52)53)55(43-24-12-4-13-25-43)44-26-14-5-15-27-44/h1-37H. The first-order valence-electron chi connectivity index (χ1n) is 18.9. The summed E-state index contributed by atoms with van der Waals surface area (Å²) in [5.74, 6) is 0. The highest BCUT2D eigenvalue weighted by molar-refractivity contribution is 6.33. The van der Waals surface area contributed by atoms with Crippen molar-refractivity contribution in [1.29, 1.82) is 0 Å². The molecule has 0 aliphatic rings. The zero-order valence-electron chi connectivity index (χ0n) is 30.3. The number of hydrogen-bond donors (Lipinski definition) is 0. The van der Waals surface area contributed by atoms with Crippen LogP contribution in [0.1, 0.15) is 0 Å². The van der Waals surface area contributed by atoms with Gasteiger partial charge in [-0.2, -0.15) is 0 Å². The molecule has 0 atom stereocenters. The maximum Gasteiger partial charge on any atom is 0.0468 e. The first-order valence-corrected chi connectivity index (χ1v) is 18.9. The molecule has 55 heavy (non-hydrogen) atoms. The Hall–Kier alpha value is -7.22. The number of rotatable bonds is 7. The highest BCUT2D eigenvalue weighted by atomic mass is 15.1. The van der Waals surface area contributed by atoms with E-state index in [2.05, 4.69) is 229 Å². The molecule has 0 unspecified atom stereocenters. The molecule has 10 aromatic carbocycles. The van der Waals surface area contributed by atoms with E-state index in [-0.39, 0.29) is 0 Å². The minimum atomic E-state index is 1.12. The summed E-state index contributed by atoms with van der Waals surface area (Å²) in [6.07, 6.45) is 0. The van der Waals surface area contributed by atoms with Gasteiger partial charge in [-0.15, -0.1) is 0 Å². The number of hydrogen-bond acceptors (Lipinski definition) is 1. The van der Waals surface area contributed by atoms with Crippen LogP contribution in [0.15, 0.2) is 224 Å². The van der Waals surface area contributed by atoms with Gasteiger partial charge in [0, 0.05) is 17.1 Å². The molecule has 0 saturated carbocycles. The molecule has 0 bridgehead atoms. The van der Waals surface area contributed by atoms with Crippen LogP contribution in [0.2, 0.25) is 0 Å². The Morgan fingerprint density at radius 2 is 0.673 bits per heavy atom. The van der Waals surface area contributed by atoms with Gasteiger partial charge in [0.25, 0.3) is 0 Å². The van der Waals surface area contributed by atoms with Crippen molar-refractivity contribution in [2.24, 2.45) is 0 Å². The van der Waals surface area contributed by atoms with E-state index in [9.17, 15) is 0 Å². The quantitative estimate of drug-likeness (QED) is 0.150. The highest BCUT2D eigenvalue weighted by Gasteiger charge is 2.23. The zero-order valence-corrected chi connectivity index (χ0v) is 30.3. The fraction of sp³-hybridized carbons (Fsp3) is 0. The number of fused-ring (bicyclic) bond motifs is 6. The summed E-state index contributed by atoms with van der Waals surface area (Å²) in [7, 11) is 0. The van der Waals surface area contributed by atoms with Gasteiger partial charge in [-0.3, -0.25) is 0 Å². The van der Waals surface area contributed by atoms with E-state index in [1.165, 1.54) is 76.8 Å². The van der Waals surface area contributed by atoms with E-state index < -0.39 is 0 Å². The van der Waals surface area contributed by atoms with Crippen LogP contribution in [-0.4, -0.2) is 0 Å². The summed E-state index contributed by atoms with van der Waals surface area (Å²) < 4.78 is 0. The van der Waals surface area contributed by atoms with Crippen molar-refractivity contribution in [3.8, 4) is 44.5 Å². The van der Waals surface area contributed by atoms with Crippen molar-refractivity contribution in [3.63, 3.8) is 0 Å². The molecule has 0 aliphatic carbocycles. The van der Waals surface area contributed by atoms with Crippen LogP contribution in [0.5, 0.6) is 0 Å². The third-order valence-corrected chi connectivity index (χ3v) is 10.8. The molecule has 0 radical (unpaired) electrons. The highest BCUT2D eigenvalue weighted by Crippen LogP contribution is 2.50. The van der Waals surface area contributed by atoms with Crippen molar-refractivity contribution in [1.82, 2.24) is 0 Å². The smallest absolute Gasteiger partial charge is 0.0468 e. The van der Waals surface area contributed by atoms with Gasteiger partial charge in [0.15, 0.2) is 0 Å². The second kappa shape index (κ2) is 14.0. The maximum absolute atomic E-state index is 2.44. The van der Waals surface area contributed by atoms with Crippen LogP contribution < -0.4 is 4.90 Å². The second-order valence-corrected chi connectivity index (χ2v) is 14.1. The minimum Gasteiger partial charge on any atom is -0.310 e. The second-order valence-electron chi connectivity index (χ2n) is 14.1. The van der Waals surface area contributed by atoms with Crippen molar-refractivity contribution in [2.75, 3.05) is 4.90 Å². The molecule has 10 rings (SSSR count). The molecular formula is C54H37N. The Bertz CT molecular complexity index is 2880. The Morgan fingerprint density at radius 1 is 0.236 bits per heavy atom. The van der Waals surface area contributed by atoms with Gasteiger partial charge in [0.1, 0.15) is 0 Å². The van der Waals surface area contributed by atoms with E-state index in [1.807, 2.05) is 0 Å². The Morgan fingerprint density at radius 3 is 1.25 bits per heavy atom. The van der Waals surface area contributed by atoms with Crippen LogP contribution in [-0.2, 0) is 0 Å². The lowest BCUT2D eigenvalue weighted by Crippen LogP contribution is -2.09. The molecule has 1 nitrogen and oxygen atoms in total. The molecule has 0 fully saturated rings. The van der Waals surface area contributed by atoms with E-state index in [0.717, 1.165) is 17.1 Å².